The van der Waals surface area contributed by atoms with Gasteiger partial charge in [0.1, 0.15) is 5.82 Å². The Morgan fingerprint density at radius 2 is 1.88 bits per heavy atom. The minimum Gasteiger partial charge on any atom is -0.326 e. The molecule has 1 fully saturated rings. The third-order valence-corrected chi connectivity index (χ3v) is 5.47. The lowest BCUT2D eigenvalue weighted by Crippen LogP contribution is -2.24. The average molecular weight is 338 g/mol. The van der Waals surface area contributed by atoms with Crippen LogP contribution in [0.2, 0.25) is 0 Å². The lowest BCUT2D eigenvalue weighted by atomic mass is 9.88. The number of benzene rings is 1. The van der Waals surface area contributed by atoms with Crippen LogP contribution in [0.3, 0.4) is 0 Å². The number of aryl methyl sites for hydroxylation is 1. The van der Waals surface area contributed by atoms with Crippen LogP contribution in [0.5, 0.6) is 0 Å². The summed E-state index contributed by atoms with van der Waals surface area (Å²) in [6.07, 6.45) is 10.3. The van der Waals surface area contributed by atoms with E-state index in [0.717, 1.165) is 48.7 Å². The fourth-order valence-corrected chi connectivity index (χ4v) is 4.04. The Morgan fingerprint density at radius 3 is 2.76 bits per heavy atom. The van der Waals surface area contributed by atoms with E-state index in [4.69, 9.17) is 0 Å². The molecular weight excluding hydrogens is 312 g/mol. The molecule has 0 saturated heterocycles. The molecule has 1 aliphatic carbocycles. The summed E-state index contributed by atoms with van der Waals surface area (Å²) in [4.78, 5) is 12.5. The molecular formula is C20H26N4O. The molecule has 132 valence electrons. The molecule has 0 atom stereocenters. The van der Waals surface area contributed by atoms with Crippen LogP contribution in [0.4, 0.5) is 5.69 Å². The standard InChI is InChI=1S/C20H26N4O/c25-20(15-8-3-1-4-9-15)21-17-11-7-10-16(14-17)19-23-22-18-12-5-2-6-13-24(18)19/h7,10-11,14-15H,1-6,8-9,12-13H2,(H,21,25). The molecule has 25 heavy (non-hydrogen) atoms. The van der Waals surface area contributed by atoms with Gasteiger partial charge < -0.3 is 9.88 Å². The number of anilines is 1. The first kappa shape index (κ1) is 16.3. The van der Waals surface area contributed by atoms with Gasteiger partial charge in [0.25, 0.3) is 0 Å². The highest BCUT2D eigenvalue weighted by molar-refractivity contribution is 5.93. The quantitative estimate of drug-likeness (QED) is 0.913. The van der Waals surface area contributed by atoms with Gasteiger partial charge in [-0.05, 0) is 37.8 Å². The van der Waals surface area contributed by atoms with Crippen LogP contribution in [0.25, 0.3) is 11.4 Å². The van der Waals surface area contributed by atoms with Crippen molar-refractivity contribution >= 4 is 11.6 Å². The van der Waals surface area contributed by atoms with Crippen molar-refractivity contribution in [1.29, 1.82) is 0 Å². The maximum Gasteiger partial charge on any atom is 0.227 e. The van der Waals surface area contributed by atoms with E-state index >= 15 is 0 Å². The van der Waals surface area contributed by atoms with E-state index in [2.05, 4.69) is 26.1 Å². The number of aromatic nitrogens is 3. The van der Waals surface area contributed by atoms with Gasteiger partial charge in [0.2, 0.25) is 5.91 Å². The van der Waals surface area contributed by atoms with Crippen molar-refractivity contribution in [2.75, 3.05) is 5.32 Å². The summed E-state index contributed by atoms with van der Waals surface area (Å²) in [7, 11) is 0. The summed E-state index contributed by atoms with van der Waals surface area (Å²) >= 11 is 0. The van der Waals surface area contributed by atoms with Crippen LogP contribution in [-0.2, 0) is 17.8 Å². The van der Waals surface area contributed by atoms with Crippen molar-refractivity contribution in [1.82, 2.24) is 14.8 Å². The van der Waals surface area contributed by atoms with Crippen LogP contribution in [0.15, 0.2) is 24.3 Å². The van der Waals surface area contributed by atoms with Gasteiger partial charge in [-0.25, -0.2) is 0 Å². The predicted octanol–water partition coefficient (Wildman–Crippen LogP) is 4.19. The smallest absolute Gasteiger partial charge is 0.227 e. The van der Waals surface area contributed by atoms with Crippen LogP contribution in [0.1, 0.15) is 57.2 Å². The first-order valence-corrected chi connectivity index (χ1v) is 9.64. The second kappa shape index (κ2) is 7.38. The fourth-order valence-electron chi connectivity index (χ4n) is 4.04. The second-order valence-electron chi connectivity index (χ2n) is 7.31. The molecule has 4 rings (SSSR count). The van der Waals surface area contributed by atoms with E-state index in [1.807, 2.05) is 18.2 Å². The van der Waals surface area contributed by atoms with Gasteiger partial charge in [-0.2, -0.15) is 0 Å². The van der Waals surface area contributed by atoms with Crippen molar-refractivity contribution in [3.63, 3.8) is 0 Å². The predicted molar refractivity (Wildman–Crippen MR) is 98.2 cm³/mol. The molecule has 0 unspecified atom stereocenters. The Hall–Kier alpha value is -2.17. The van der Waals surface area contributed by atoms with E-state index in [0.29, 0.717) is 0 Å². The highest BCUT2D eigenvalue weighted by Gasteiger charge is 2.21. The first-order chi connectivity index (χ1) is 12.3. The molecule has 1 amide bonds. The number of amides is 1. The van der Waals surface area contributed by atoms with Gasteiger partial charge in [-0.15, -0.1) is 10.2 Å². The summed E-state index contributed by atoms with van der Waals surface area (Å²) < 4.78 is 2.25. The lowest BCUT2D eigenvalue weighted by molar-refractivity contribution is -0.120. The van der Waals surface area contributed by atoms with Gasteiger partial charge >= 0.3 is 0 Å². The van der Waals surface area contributed by atoms with Gasteiger partial charge in [0, 0.05) is 30.1 Å². The topological polar surface area (TPSA) is 59.8 Å². The largest absolute Gasteiger partial charge is 0.326 e. The van der Waals surface area contributed by atoms with Crippen molar-refractivity contribution in [3.8, 4) is 11.4 Å². The number of hydrogen-bond donors (Lipinski definition) is 1. The summed E-state index contributed by atoms with van der Waals surface area (Å²) in [5, 5.41) is 11.9. The van der Waals surface area contributed by atoms with Gasteiger partial charge in [0.15, 0.2) is 5.82 Å². The number of nitrogens with zero attached hydrogens (tertiary/aromatic N) is 3. The van der Waals surface area contributed by atoms with Gasteiger partial charge in [-0.3, -0.25) is 4.79 Å². The summed E-state index contributed by atoms with van der Waals surface area (Å²) in [5.74, 6) is 2.34. The van der Waals surface area contributed by atoms with E-state index in [-0.39, 0.29) is 11.8 Å². The maximum atomic E-state index is 12.5. The Labute approximate surface area is 148 Å². The van der Waals surface area contributed by atoms with E-state index in [9.17, 15) is 4.79 Å². The highest BCUT2D eigenvalue weighted by atomic mass is 16.1. The van der Waals surface area contributed by atoms with Gasteiger partial charge in [-0.1, -0.05) is 37.8 Å². The molecule has 2 aliphatic rings. The first-order valence-electron chi connectivity index (χ1n) is 9.64. The summed E-state index contributed by atoms with van der Waals surface area (Å²) in [6, 6.07) is 8.04. The number of fused-ring (bicyclic) bond motifs is 1. The molecule has 0 bridgehead atoms. The molecule has 1 N–H and O–H groups in total. The van der Waals surface area contributed by atoms with Crippen molar-refractivity contribution in [3.05, 3.63) is 30.1 Å². The molecule has 1 aliphatic heterocycles. The Morgan fingerprint density at radius 1 is 1.04 bits per heavy atom. The molecule has 0 radical (unpaired) electrons. The zero-order chi connectivity index (χ0) is 17.1. The zero-order valence-electron chi connectivity index (χ0n) is 14.7. The van der Waals surface area contributed by atoms with E-state index in [1.165, 1.54) is 38.5 Å². The highest BCUT2D eigenvalue weighted by Crippen LogP contribution is 2.27. The van der Waals surface area contributed by atoms with Crippen molar-refractivity contribution in [2.24, 2.45) is 5.92 Å². The third-order valence-electron chi connectivity index (χ3n) is 5.47. The van der Waals surface area contributed by atoms with E-state index in [1.54, 1.807) is 0 Å². The molecule has 1 aromatic heterocycles. The lowest BCUT2D eigenvalue weighted by Gasteiger charge is -2.20. The number of rotatable bonds is 3. The Bertz CT molecular complexity index is 746. The number of hydrogen-bond acceptors (Lipinski definition) is 3. The molecule has 2 heterocycles. The second-order valence-corrected chi connectivity index (χ2v) is 7.31. The number of carbonyl (C=O) groups is 1. The summed E-state index contributed by atoms with van der Waals surface area (Å²) in [5.41, 5.74) is 1.89. The Kier molecular flexibility index (Phi) is 4.81. The van der Waals surface area contributed by atoms with Gasteiger partial charge in [0.05, 0.1) is 0 Å². The summed E-state index contributed by atoms with van der Waals surface area (Å²) in [6.45, 7) is 0.982. The molecule has 1 aromatic carbocycles. The van der Waals surface area contributed by atoms with Crippen LogP contribution in [-0.4, -0.2) is 20.7 Å². The number of carbonyl (C=O) groups excluding carboxylic acids is 1. The van der Waals surface area contributed by atoms with Crippen LogP contribution < -0.4 is 5.32 Å². The average Bonchev–Trinajstić information content (AvgIpc) is 2.91. The minimum atomic E-state index is 0.164. The maximum absolute atomic E-state index is 12.5. The fraction of sp³-hybridized carbons (Fsp3) is 0.550. The molecule has 2 aromatic rings. The normalized spacial score (nSPS) is 18.4. The monoisotopic (exact) mass is 338 g/mol. The Balaban J connectivity index is 1.53. The minimum absolute atomic E-state index is 0.164. The van der Waals surface area contributed by atoms with Crippen LogP contribution in [0, 0.1) is 5.92 Å². The third kappa shape index (κ3) is 3.60. The van der Waals surface area contributed by atoms with Crippen molar-refractivity contribution < 1.29 is 4.79 Å². The molecule has 5 heteroatoms. The SMILES string of the molecule is O=C(Nc1cccc(-c2nnc3n2CCCCC3)c1)C1CCCCC1. The number of nitrogens with one attached hydrogen (secondary N) is 1. The van der Waals surface area contributed by atoms with Crippen LogP contribution >= 0.6 is 0 Å². The molecule has 1 saturated carbocycles. The van der Waals surface area contributed by atoms with Crippen molar-refractivity contribution in [2.45, 2.75) is 64.3 Å². The zero-order valence-corrected chi connectivity index (χ0v) is 14.7. The molecule has 0 spiro atoms. The van der Waals surface area contributed by atoms with E-state index < -0.39 is 0 Å². The molecule has 5 nitrogen and oxygen atoms in total.